The number of rotatable bonds is 5. The summed E-state index contributed by atoms with van der Waals surface area (Å²) >= 11 is 5.55. The summed E-state index contributed by atoms with van der Waals surface area (Å²) in [7, 11) is 0. The molecule has 1 saturated carbocycles. The quantitative estimate of drug-likeness (QED) is 0.598. The molecule has 2 nitrogen and oxygen atoms in total. The first kappa shape index (κ1) is 12.9. The number of hydrogen-bond donors (Lipinski definition) is 1. The Morgan fingerprint density at radius 3 is 2.41 bits per heavy atom. The van der Waals surface area contributed by atoms with Crippen LogP contribution in [-0.2, 0) is 0 Å². The highest BCUT2D eigenvalue weighted by atomic mass is 32.1. The summed E-state index contributed by atoms with van der Waals surface area (Å²) in [6.07, 6.45) is 9.69. The van der Waals surface area contributed by atoms with Crippen LogP contribution in [0.25, 0.3) is 0 Å². The van der Waals surface area contributed by atoms with Gasteiger partial charge in [-0.05, 0) is 49.7 Å². The Labute approximate surface area is 110 Å². The Hall–Kier alpha value is -0.570. The molecule has 0 spiro atoms. The lowest BCUT2D eigenvalue weighted by Gasteiger charge is -2.29. The van der Waals surface area contributed by atoms with Crippen molar-refractivity contribution in [3.05, 3.63) is 12.2 Å². The van der Waals surface area contributed by atoms with Gasteiger partial charge in [0.25, 0.3) is 0 Å². The summed E-state index contributed by atoms with van der Waals surface area (Å²) in [5.74, 6) is 1.54. The van der Waals surface area contributed by atoms with Crippen molar-refractivity contribution in [2.45, 2.75) is 45.6 Å². The van der Waals surface area contributed by atoms with Gasteiger partial charge in [-0.15, -0.1) is 0 Å². The highest BCUT2D eigenvalue weighted by Crippen LogP contribution is 2.38. The van der Waals surface area contributed by atoms with Crippen LogP contribution in [0.1, 0.15) is 39.5 Å². The predicted molar refractivity (Wildman–Crippen MR) is 77.0 cm³/mol. The standard InChI is InChI=1S/C14H24N2S/c1-3-7-16(8-4-2)14(17)15-13-10-11-5-6-12(13)9-11/h5-6,11-13H,3-4,7-10H2,1-2H3,(H,15,17)/t11-,12+,13+/m0/s1. The number of nitrogens with one attached hydrogen (secondary N) is 1. The summed E-state index contributed by atoms with van der Waals surface area (Å²) in [6, 6.07) is 0.591. The van der Waals surface area contributed by atoms with Crippen molar-refractivity contribution in [2.24, 2.45) is 11.8 Å². The van der Waals surface area contributed by atoms with E-state index in [1.165, 1.54) is 25.7 Å². The molecule has 2 rings (SSSR count). The molecule has 3 heteroatoms. The third-order valence-electron chi connectivity index (χ3n) is 3.86. The summed E-state index contributed by atoms with van der Waals surface area (Å²) in [5.41, 5.74) is 0. The van der Waals surface area contributed by atoms with Crippen molar-refractivity contribution in [1.82, 2.24) is 10.2 Å². The van der Waals surface area contributed by atoms with Gasteiger partial charge in [-0.25, -0.2) is 0 Å². The minimum atomic E-state index is 0.591. The molecule has 17 heavy (non-hydrogen) atoms. The molecule has 1 N–H and O–H groups in total. The van der Waals surface area contributed by atoms with E-state index in [2.05, 4.69) is 36.2 Å². The van der Waals surface area contributed by atoms with Gasteiger partial charge >= 0.3 is 0 Å². The average molecular weight is 252 g/mol. The summed E-state index contributed by atoms with van der Waals surface area (Å²) in [5, 5.41) is 4.56. The topological polar surface area (TPSA) is 15.3 Å². The lowest BCUT2D eigenvalue weighted by molar-refractivity contribution is 0.393. The van der Waals surface area contributed by atoms with Gasteiger partial charge in [0, 0.05) is 19.1 Å². The Morgan fingerprint density at radius 1 is 1.24 bits per heavy atom. The Kier molecular flexibility index (Phi) is 4.43. The van der Waals surface area contributed by atoms with E-state index in [9.17, 15) is 0 Å². The maximum absolute atomic E-state index is 5.55. The SMILES string of the molecule is CCCN(CCC)C(=S)N[C@@H]1C[C@H]2C=C[C@@H]1C2. The third-order valence-corrected chi connectivity index (χ3v) is 4.24. The zero-order valence-corrected chi connectivity index (χ0v) is 11.8. The fourth-order valence-corrected chi connectivity index (χ4v) is 3.39. The van der Waals surface area contributed by atoms with Gasteiger partial charge in [0.05, 0.1) is 0 Å². The fourth-order valence-electron chi connectivity index (χ4n) is 3.05. The van der Waals surface area contributed by atoms with Crippen molar-refractivity contribution >= 4 is 17.3 Å². The first-order chi connectivity index (χ1) is 8.24. The van der Waals surface area contributed by atoms with Crippen LogP contribution >= 0.6 is 12.2 Å². The van der Waals surface area contributed by atoms with Crippen LogP contribution in [0.15, 0.2) is 12.2 Å². The molecule has 0 radical (unpaired) electrons. The second kappa shape index (κ2) is 5.85. The predicted octanol–water partition coefficient (Wildman–Crippen LogP) is 2.95. The maximum Gasteiger partial charge on any atom is 0.169 e. The normalized spacial score (nSPS) is 29.6. The number of thiocarbonyl (C=S) groups is 1. The molecule has 2 bridgehead atoms. The van der Waals surface area contributed by atoms with E-state index in [0.29, 0.717) is 6.04 Å². The highest BCUT2D eigenvalue weighted by Gasteiger charge is 2.36. The largest absolute Gasteiger partial charge is 0.359 e. The van der Waals surface area contributed by atoms with Crippen molar-refractivity contribution in [3.63, 3.8) is 0 Å². The molecule has 2 aliphatic carbocycles. The van der Waals surface area contributed by atoms with E-state index >= 15 is 0 Å². The molecule has 0 aromatic rings. The van der Waals surface area contributed by atoms with E-state index in [0.717, 1.165) is 30.0 Å². The minimum absolute atomic E-state index is 0.591. The molecule has 1 fully saturated rings. The van der Waals surface area contributed by atoms with Crippen molar-refractivity contribution in [2.75, 3.05) is 13.1 Å². The van der Waals surface area contributed by atoms with Gasteiger partial charge in [-0.2, -0.15) is 0 Å². The second-order valence-electron chi connectivity index (χ2n) is 5.32. The molecule has 0 amide bonds. The maximum atomic E-state index is 5.55. The molecule has 0 aromatic heterocycles. The monoisotopic (exact) mass is 252 g/mol. The van der Waals surface area contributed by atoms with Crippen LogP contribution in [0.5, 0.6) is 0 Å². The number of nitrogens with zero attached hydrogens (tertiary/aromatic N) is 1. The van der Waals surface area contributed by atoms with Crippen molar-refractivity contribution in [1.29, 1.82) is 0 Å². The van der Waals surface area contributed by atoms with Gasteiger partial charge < -0.3 is 10.2 Å². The van der Waals surface area contributed by atoms with Gasteiger partial charge in [-0.1, -0.05) is 26.0 Å². The Bertz CT molecular complexity index is 295. The zero-order chi connectivity index (χ0) is 12.3. The number of allylic oxidation sites excluding steroid dienone is 1. The summed E-state index contributed by atoms with van der Waals surface area (Å²) in [4.78, 5) is 2.32. The van der Waals surface area contributed by atoms with Gasteiger partial charge in [0.15, 0.2) is 5.11 Å². The molecule has 3 atom stereocenters. The lowest BCUT2D eigenvalue weighted by atomic mass is 10.0. The van der Waals surface area contributed by atoms with Gasteiger partial charge in [0.1, 0.15) is 0 Å². The molecular formula is C14H24N2S. The summed E-state index contributed by atoms with van der Waals surface area (Å²) in [6.45, 7) is 6.59. The Balaban J connectivity index is 1.84. The minimum Gasteiger partial charge on any atom is -0.359 e. The first-order valence-electron chi connectivity index (χ1n) is 6.98. The molecule has 96 valence electrons. The number of fused-ring (bicyclic) bond motifs is 2. The fraction of sp³-hybridized carbons (Fsp3) is 0.786. The van der Waals surface area contributed by atoms with E-state index in [1.54, 1.807) is 0 Å². The summed E-state index contributed by atoms with van der Waals surface area (Å²) < 4.78 is 0. The molecule has 0 aliphatic heterocycles. The van der Waals surface area contributed by atoms with E-state index < -0.39 is 0 Å². The first-order valence-corrected chi connectivity index (χ1v) is 7.39. The van der Waals surface area contributed by atoms with Crippen LogP contribution < -0.4 is 5.32 Å². The van der Waals surface area contributed by atoms with Crippen LogP contribution in [0, 0.1) is 11.8 Å². The molecule has 0 heterocycles. The van der Waals surface area contributed by atoms with E-state index in [1.807, 2.05) is 0 Å². The molecule has 2 aliphatic rings. The van der Waals surface area contributed by atoms with Crippen LogP contribution in [0.3, 0.4) is 0 Å². The van der Waals surface area contributed by atoms with Crippen LogP contribution in [0.2, 0.25) is 0 Å². The van der Waals surface area contributed by atoms with E-state index in [4.69, 9.17) is 12.2 Å². The lowest BCUT2D eigenvalue weighted by Crippen LogP contribution is -2.46. The second-order valence-corrected chi connectivity index (χ2v) is 5.71. The molecular weight excluding hydrogens is 228 g/mol. The molecule has 0 aromatic carbocycles. The number of hydrogen-bond acceptors (Lipinski definition) is 1. The molecule has 0 saturated heterocycles. The van der Waals surface area contributed by atoms with Crippen LogP contribution in [-0.4, -0.2) is 29.1 Å². The smallest absolute Gasteiger partial charge is 0.169 e. The van der Waals surface area contributed by atoms with Crippen molar-refractivity contribution < 1.29 is 0 Å². The van der Waals surface area contributed by atoms with Gasteiger partial charge in [0.2, 0.25) is 0 Å². The highest BCUT2D eigenvalue weighted by molar-refractivity contribution is 7.80. The Morgan fingerprint density at radius 2 is 1.94 bits per heavy atom. The zero-order valence-electron chi connectivity index (χ0n) is 11.0. The van der Waals surface area contributed by atoms with Gasteiger partial charge in [-0.3, -0.25) is 0 Å². The van der Waals surface area contributed by atoms with Crippen molar-refractivity contribution in [3.8, 4) is 0 Å². The average Bonchev–Trinajstić information content (AvgIpc) is 2.90. The van der Waals surface area contributed by atoms with Crippen LogP contribution in [0.4, 0.5) is 0 Å². The van der Waals surface area contributed by atoms with E-state index in [-0.39, 0.29) is 0 Å². The third kappa shape index (κ3) is 3.01. The molecule has 0 unspecified atom stereocenters.